The van der Waals surface area contributed by atoms with Crippen LogP contribution in [0, 0.1) is 0 Å². The summed E-state index contributed by atoms with van der Waals surface area (Å²) >= 11 is 0. The van der Waals surface area contributed by atoms with Gasteiger partial charge in [-0.15, -0.1) is 5.10 Å². The topological polar surface area (TPSA) is 57.0 Å². The van der Waals surface area contributed by atoms with Crippen molar-refractivity contribution in [1.29, 1.82) is 0 Å². The van der Waals surface area contributed by atoms with Crippen molar-refractivity contribution in [2.75, 3.05) is 7.11 Å². The van der Waals surface area contributed by atoms with Crippen LogP contribution in [0.15, 0.2) is 6.33 Å². The van der Waals surface area contributed by atoms with Crippen LogP contribution < -0.4 is 0 Å². The van der Waals surface area contributed by atoms with Gasteiger partial charge in [-0.05, 0) is 6.92 Å². The summed E-state index contributed by atoms with van der Waals surface area (Å²) in [6.07, 6.45) is 1.49. The monoisotopic (exact) mass is 155 g/mol. The molecule has 0 spiro atoms. The highest BCUT2D eigenvalue weighted by atomic mass is 16.5. The summed E-state index contributed by atoms with van der Waals surface area (Å²) in [5.41, 5.74) is 0. The third-order valence-corrected chi connectivity index (χ3v) is 1.23. The lowest BCUT2D eigenvalue weighted by atomic mass is 10.6. The molecule has 11 heavy (non-hydrogen) atoms. The van der Waals surface area contributed by atoms with Crippen LogP contribution in [-0.2, 0) is 11.3 Å². The Hall–Kier alpha value is -1.39. The molecule has 0 N–H and O–H groups in total. The summed E-state index contributed by atoms with van der Waals surface area (Å²) in [7, 11) is 1.30. The van der Waals surface area contributed by atoms with Crippen LogP contribution >= 0.6 is 0 Å². The van der Waals surface area contributed by atoms with Gasteiger partial charge in [0.25, 0.3) is 5.82 Å². The molecule has 5 nitrogen and oxygen atoms in total. The predicted octanol–water partition coefficient (Wildman–Crippen LogP) is 0.0846. The fraction of sp³-hybridized carbons (Fsp3) is 0.500. The minimum atomic E-state index is -0.503. The second-order valence-electron chi connectivity index (χ2n) is 1.92. The molecule has 0 aromatic carbocycles. The first-order valence-corrected chi connectivity index (χ1v) is 3.25. The molecule has 1 rings (SSSR count). The summed E-state index contributed by atoms with van der Waals surface area (Å²) in [6.45, 7) is 2.61. The number of ether oxygens (including phenoxy) is 1. The van der Waals surface area contributed by atoms with E-state index in [9.17, 15) is 4.79 Å². The van der Waals surface area contributed by atoms with Crippen LogP contribution in [0.2, 0.25) is 0 Å². The Balaban J connectivity index is 2.80. The van der Waals surface area contributed by atoms with E-state index < -0.39 is 5.97 Å². The Morgan fingerprint density at radius 1 is 1.82 bits per heavy atom. The van der Waals surface area contributed by atoms with Crippen LogP contribution in [0.5, 0.6) is 0 Å². The molecule has 0 aliphatic heterocycles. The number of methoxy groups -OCH3 is 1. The number of carbonyl (C=O) groups excluding carboxylic acids is 1. The molecule has 5 heteroatoms. The van der Waals surface area contributed by atoms with Crippen molar-refractivity contribution in [1.82, 2.24) is 14.8 Å². The summed E-state index contributed by atoms with van der Waals surface area (Å²) in [5, 5.41) is 3.83. The smallest absolute Gasteiger partial charge is 0.377 e. The normalized spacial score (nSPS) is 9.64. The zero-order valence-electron chi connectivity index (χ0n) is 6.44. The number of carbonyl (C=O) groups is 1. The largest absolute Gasteiger partial charge is 0.463 e. The van der Waals surface area contributed by atoms with Gasteiger partial charge in [-0.1, -0.05) is 0 Å². The highest BCUT2D eigenvalue weighted by molar-refractivity contribution is 5.84. The van der Waals surface area contributed by atoms with Crippen molar-refractivity contribution >= 4 is 5.97 Å². The van der Waals surface area contributed by atoms with Crippen molar-refractivity contribution in [3.8, 4) is 0 Å². The van der Waals surface area contributed by atoms with Crippen molar-refractivity contribution in [3.05, 3.63) is 12.2 Å². The summed E-state index contributed by atoms with van der Waals surface area (Å²) in [6, 6.07) is 0. The Labute approximate surface area is 64.0 Å². The van der Waals surface area contributed by atoms with Gasteiger partial charge in [0, 0.05) is 6.54 Å². The number of nitrogens with zero attached hydrogens (tertiary/aromatic N) is 3. The van der Waals surface area contributed by atoms with Gasteiger partial charge in [0.15, 0.2) is 0 Å². The predicted molar refractivity (Wildman–Crippen MR) is 37.0 cm³/mol. The van der Waals surface area contributed by atoms with E-state index in [1.807, 2.05) is 6.92 Å². The van der Waals surface area contributed by atoms with Crippen LogP contribution in [0.1, 0.15) is 17.5 Å². The molecule has 0 amide bonds. The minimum Gasteiger partial charge on any atom is -0.463 e. The maximum absolute atomic E-state index is 10.8. The lowest BCUT2D eigenvalue weighted by Gasteiger charge is -1.90. The van der Waals surface area contributed by atoms with E-state index in [1.54, 1.807) is 4.68 Å². The lowest BCUT2D eigenvalue weighted by Crippen LogP contribution is -2.05. The zero-order chi connectivity index (χ0) is 8.27. The van der Waals surface area contributed by atoms with Crippen LogP contribution in [0.25, 0.3) is 0 Å². The summed E-state index contributed by atoms with van der Waals surface area (Å²) in [5.74, 6) is -0.397. The van der Waals surface area contributed by atoms with E-state index in [0.717, 1.165) is 0 Å². The third kappa shape index (κ3) is 1.54. The Bertz CT molecular complexity index is 256. The van der Waals surface area contributed by atoms with Gasteiger partial charge in [-0.2, -0.15) is 0 Å². The maximum Gasteiger partial charge on any atom is 0.377 e. The number of hydrogen-bond donors (Lipinski definition) is 0. The van der Waals surface area contributed by atoms with Crippen LogP contribution in [-0.4, -0.2) is 27.8 Å². The van der Waals surface area contributed by atoms with Gasteiger partial charge in [-0.3, -0.25) is 4.68 Å². The van der Waals surface area contributed by atoms with Crippen LogP contribution in [0.4, 0.5) is 0 Å². The molecule has 0 bridgehead atoms. The van der Waals surface area contributed by atoms with E-state index in [0.29, 0.717) is 6.54 Å². The van der Waals surface area contributed by atoms with Crippen molar-refractivity contribution in [2.24, 2.45) is 0 Å². The third-order valence-electron chi connectivity index (χ3n) is 1.23. The Morgan fingerprint density at radius 3 is 3.00 bits per heavy atom. The van der Waals surface area contributed by atoms with Crippen molar-refractivity contribution in [3.63, 3.8) is 0 Å². The summed E-state index contributed by atoms with van der Waals surface area (Å²) in [4.78, 5) is 14.5. The molecule has 0 aliphatic carbocycles. The highest BCUT2D eigenvalue weighted by Crippen LogP contribution is 1.91. The highest BCUT2D eigenvalue weighted by Gasteiger charge is 2.09. The average Bonchev–Trinajstić information content (AvgIpc) is 2.50. The number of aromatic nitrogens is 3. The van der Waals surface area contributed by atoms with Gasteiger partial charge in [0.2, 0.25) is 0 Å². The second-order valence-corrected chi connectivity index (χ2v) is 1.92. The van der Waals surface area contributed by atoms with Crippen LogP contribution in [0.3, 0.4) is 0 Å². The van der Waals surface area contributed by atoms with Gasteiger partial charge < -0.3 is 4.74 Å². The van der Waals surface area contributed by atoms with Crippen molar-refractivity contribution < 1.29 is 9.53 Å². The number of hydrogen-bond acceptors (Lipinski definition) is 4. The molecule has 1 aromatic rings. The molecule has 1 aromatic heterocycles. The molecule has 0 radical (unpaired) electrons. The first kappa shape index (κ1) is 7.71. The van der Waals surface area contributed by atoms with Gasteiger partial charge in [0.05, 0.1) is 7.11 Å². The molecule has 1 heterocycles. The SMILES string of the molecule is CCn1cnc(C(=O)OC)n1. The number of esters is 1. The molecular weight excluding hydrogens is 146 g/mol. The summed E-state index contributed by atoms with van der Waals surface area (Å²) < 4.78 is 5.98. The molecular formula is C6H9N3O2. The molecule has 0 saturated carbocycles. The lowest BCUT2D eigenvalue weighted by molar-refractivity contribution is 0.0586. The number of aryl methyl sites for hydroxylation is 1. The molecule has 0 aliphatic rings. The second kappa shape index (κ2) is 3.14. The molecule has 60 valence electrons. The average molecular weight is 155 g/mol. The first-order chi connectivity index (χ1) is 5.27. The first-order valence-electron chi connectivity index (χ1n) is 3.25. The fourth-order valence-corrected chi connectivity index (χ4v) is 0.632. The van der Waals surface area contributed by atoms with Crippen molar-refractivity contribution in [2.45, 2.75) is 13.5 Å². The Morgan fingerprint density at radius 2 is 2.55 bits per heavy atom. The molecule has 0 atom stereocenters. The number of rotatable bonds is 2. The van der Waals surface area contributed by atoms with Gasteiger partial charge in [0.1, 0.15) is 6.33 Å². The molecule has 0 unspecified atom stereocenters. The van der Waals surface area contributed by atoms with E-state index in [4.69, 9.17) is 0 Å². The Kier molecular flexibility index (Phi) is 2.20. The molecule has 0 fully saturated rings. The maximum atomic E-state index is 10.8. The molecule has 0 saturated heterocycles. The zero-order valence-corrected chi connectivity index (χ0v) is 6.44. The van der Waals surface area contributed by atoms with E-state index >= 15 is 0 Å². The van der Waals surface area contributed by atoms with E-state index in [2.05, 4.69) is 14.8 Å². The quantitative estimate of drug-likeness (QED) is 0.568. The van der Waals surface area contributed by atoms with Gasteiger partial charge >= 0.3 is 5.97 Å². The fourth-order valence-electron chi connectivity index (χ4n) is 0.632. The van der Waals surface area contributed by atoms with E-state index in [-0.39, 0.29) is 5.82 Å². The van der Waals surface area contributed by atoms with E-state index in [1.165, 1.54) is 13.4 Å². The standard InChI is InChI=1S/C6H9N3O2/c1-3-9-4-7-5(8-9)6(10)11-2/h4H,3H2,1-2H3. The minimum absolute atomic E-state index is 0.106. The van der Waals surface area contributed by atoms with Gasteiger partial charge in [-0.25, -0.2) is 9.78 Å².